The maximum atomic E-state index is 12.1. The summed E-state index contributed by atoms with van der Waals surface area (Å²) in [6.45, 7) is 7.35. The zero-order valence-electron chi connectivity index (χ0n) is 9.52. The Morgan fingerprint density at radius 2 is 2.07 bits per heavy atom. The molecule has 1 N–H and O–H groups in total. The SMILES string of the molecule is Cc1[nH]c(C(=O)C2CCOC2)c(C)c1C. The Morgan fingerprint density at radius 3 is 2.53 bits per heavy atom. The maximum absolute atomic E-state index is 12.1. The van der Waals surface area contributed by atoms with Crippen LogP contribution in [-0.4, -0.2) is 24.0 Å². The molecule has 1 aromatic rings. The summed E-state index contributed by atoms with van der Waals surface area (Å²) in [5, 5.41) is 0. The van der Waals surface area contributed by atoms with E-state index in [1.807, 2.05) is 20.8 Å². The van der Waals surface area contributed by atoms with Gasteiger partial charge in [0.05, 0.1) is 12.3 Å². The first-order valence-corrected chi connectivity index (χ1v) is 5.39. The van der Waals surface area contributed by atoms with E-state index in [4.69, 9.17) is 4.74 Å². The van der Waals surface area contributed by atoms with Crippen molar-refractivity contribution in [2.45, 2.75) is 27.2 Å². The summed E-state index contributed by atoms with van der Waals surface area (Å²) in [6.07, 6.45) is 0.857. The van der Waals surface area contributed by atoms with Crippen LogP contribution in [-0.2, 0) is 4.74 Å². The third kappa shape index (κ3) is 1.72. The van der Waals surface area contributed by atoms with E-state index in [0.29, 0.717) is 13.2 Å². The molecule has 1 saturated heterocycles. The molecule has 3 nitrogen and oxygen atoms in total. The van der Waals surface area contributed by atoms with Crippen LogP contribution in [0.2, 0.25) is 0 Å². The van der Waals surface area contributed by atoms with Gasteiger partial charge in [-0.05, 0) is 38.3 Å². The number of hydrogen-bond donors (Lipinski definition) is 1. The quantitative estimate of drug-likeness (QED) is 0.755. The molecule has 1 aromatic heterocycles. The molecule has 2 rings (SSSR count). The van der Waals surface area contributed by atoms with Crippen molar-refractivity contribution < 1.29 is 9.53 Å². The van der Waals surface area contributed by atoms with E-state index in [0.717, 1.165) is 23.4 Å². The van der Waals surface area contributed by atoms with Gasteiger partial charge in [-0.25, -0.2) is 0 Å². The smallest absolute Gasteiger partial charge is 0.184 e. The van der Waals surface area contributed by atoms with Crippen LogP contribution in [0.15, 0.2) is 0 Å². The van der Waals surface area contributed by atoms with Gasteiger partial charge in [0.1, 0.15) is 0 Å². The molecule has 0 aromatic carbocycles. The third-order valence-electron chi connectivity index (χ3n) is 3.36. The first-order valence-electron chi connectivity index (χ1n) is 5.39. The molecule has 15 heavy (non-hydrogen) atoms. The summed E-state index contributed by atoms with van der Waals surface area (Å²) in [5.74, 6) is 0.266. The molecule has 0 saturated carbocycles. The summed E-state index contributed by atoms with van der Waals surface area (Å²) < 4.78 is 5.24. The zero-order valence-corrected chi connectivity index (χ0v) is 9.52. The minimum Gasteiger partial charge on any atom is -0.381 e. The number of carbonyl (C=O) groups excluding carboxylic acids is 1. The second kappa shape index (κ2) is 3.81. The number of rotatable bonds is 2. The number of H-pyrrole nitrogens is 1. The second-order valence-electron chi connectivity index (χ2n) is 4.30. The highest BCUT2D eigenvalue weighted by Crippen LogP contribution is 2.23. The lowest BCUT2D eigenvalue weighted by molar-refractivity contribution is 0.0895. The molecule has 0 amide bonds. The van der Waals surface area contributed by atoms with Crippen LogP contribution in [0.25, 0.3) is 0 Å². The van der Waals surface area contributed by atoms with Crippen LogP contribution in [0.5, 0.6) is 0 Å². The molecule has 1 aliphatic heterocycles. The maximum Gasteiger partial charge on any atom is 0.184 e. The first kappa shape index (κ1) is 10.4. The van der Waals surface area contributed by atoms with E-state index in [-0.39, 0.29) is 11.7 Å². The molecule has 1 aliphatic rings. The van der Waals surface area contributed by atoms with Gasteiger partial charge in [-0.1, -0.05) is 0 Å². The van der Waals surface area contributed by atoms with Gasteiger partial charge in [0.25, 0.3) is 0 Å². The Labute approximate surface area is 89.8 Å². The zero-order chi connectivity index (χ0) is 11.0. The van der Waals surface area contributed by atoms with Crippen molar-refractivity contribution in [2.75, 3.05) is 13.2 Å². The van der Waals surface area contributed by atoms with E-state index in [1.54, 1.807) is 0 Å². The second-order valence-corrected chi connectivity index (χ2v) is 4.30. The van der Waals surface area contributed by atoms with Crippen molar-refractivity contribution in [1.82, 2.24) is 4.98 Å². The van der Waals surface area contributed by atoms with Crippen LogP contribution >= 0.6 is 0 Å². The number of carbonyl (C=O) groups is 1. The van der Waals surface area contributed by atoms with Crippen LogP contribution < -0.4 is 0 Å². The molecule has 2 heterocycles. The standard InChI is InChI=1S/C12H17NO2/c1-7-8(2)11(13-9(7)3)12(14)10-4-5-15-6-10/h10,13H,4-6H2,1-3H3. The largest absolute Gasteiger partial charge is 0.381 e. The van der Waals surface area contributed by atoms with Gasteiger partial charge in [0, 0.05) is 18.2 Å². The van der Waals surface area contributed by atoms with Crippen molar-refractivity contribution >= 4 is 5.78 Å². The molecule has 0 spiro atoms. The van der Waals surface area contributed by atoms with Crippen LogP contribution in [0.1, 0.15) is 33.7 Å². The van der Waals surface area contributed by atoms with Crippen molar-refractivity contribution in [3.8, 4) is 0 Å². The molecule has 1 unspecified atom stereocenters. The lowest BCUT2D eigenvalue weighted by atomic mass is 9.98. The molecule has 0 radical (unpaired) electrons. The van der Waals surface area contributed by atoms with Gasteiger partial charge < -0.3 is 9.72 Å². The summed E-state index contributed by atoms with van der Waals surface area (Å²) in [6, 6.07) is 0. The molecule has 1 fully saturated rings. The molecule has 0 bridgehead atoms. The Balaban J connectivity index is 2.28. The van der Waals surface area contributed by atoms with Gasteiger partial charge in [-0.3, -0.25) is 4.79 Å². The topological polar surface area (TPSA) is 42.1 Å². The fourth-order valence-corrected chi connectivity index (χ4v) is 2.04. The average molecular weight is 207 g/mol. The van der Waals surface area contributed by atoms with Crippen molar-refractivity contribution in [3.05, 3.63) is 22.5 Å². The van der Waals surface area contributed by atoms with E-state index in [2.05, 4.69) is 4.98 Å². The van der Waals surface area contributed by atoms with E-state index in [1.165, 1.54) is 5.56 Å². The lowest BCUT2D eigenvalue weighted by Gasteiger charge is -2.05. The number of aromatic nitrogens is 1. The predicted octanol–water partition coefficient (Wildman–Crippen LogP) is 2.16. The van der Waals surface area contributed by atoms with Gasteiger partial charge in [-0.2, -0.15) is 0 Å². The molecule has 82 valence electrons. The van der Waals surface area contributed by atoms with Crippen molar-refractivity contribution in [1.29, 1.82) is 0 Å². The van der Waals surface area contributed by atoms with Gasteiger partial charge in [0.2, 0.25) is 0 Å². The number of ketones is 1. The number of aryl methyl sites for hydroxylation is 1. The molecule has 0 aliphatic carbocycles. The Bertz CT molecular complexity index is 387. The van der Waals surface area contributed by atoms with Crippen LogP contribution in [0, 0.1) is 26.7 Å². The number of Topliss-reactive ketones (excluding diaryl/α,β-unsaturated/α-hetero) is 1. The highest BCUT2D eigenvalue weighted by molar-refractivity contribution is 5.98. The minimum atomic E-state index is 0.0566. The predicted molar refractivity (Wildman–Crippen MR) is 58.3 cm³/mol. The summed E-state index contributed by atoms with van der Waals surface area (Å²) in [4.78, 5) is 15.3. The van der Waals surface area contributed by atoms with E-state index >= 15 is 0 Å². The van der Waals surface area contributed by atoms with Gasteiger partial charge in [0.15, 0.2) is 5.78 Å². The number of nitrogens with one attached hydrogen (secondary N) is 1. The molecule has 3 heteroatoms. The highest BCUT2D eigenvalue weighted by atomic mass is 16.5. The normalized spacial score (nSPS) is 20.9. The summed E-state index contributed by atoms with van der Waals surface area (Å²) in [7, 11) is 0. The average Bonchev–Trinajstić information content (AvgIpc) is 2.82. The van der Waals surface area contributed by atoms with Gasteiger partial charge in [-0.15, -0.1) is 0 Å². The molecule has 1 atom stereocenters. The Kier molecular flexibility index (Phi) is 2.65. The first-order chi connectivity index (χ1) is 7.11. The Hall–Kier alpha value is -1.09. The summed E-state index contributed by atoms with van der Waals surface area (Å²) in [5.41, 5.74) is 4.15. The third-order valence-corrected chi connectivity index (χ3v) is 3.36. The lowest BCUT2D eigenvalue weighted by Crippen LogP contribution is -2.16. The van der Waals surface area contributed by atoms with Crippen molar-refractivity contribution in [3.63, 3.8) is 0 Å². The summed E-state index contributed by atoms with van der Waals surface area (Å²) >= 11 is 0. The fourth-order valence-electron chi connectivity index (χ4n) is 2.04. The van der Waals surface area contributed by atoms with Gasteiger partial charge >= 0.3 is 0 Å². The highest BCUT2D eigenvalue weighted by Gasteiger charge is 2.27. The molecular weight excluding hydrogens is 190 g/mol. The van der Waals surface area contributed by atoms with E-state index in [9.17, 15) is 4.79 Å². The monoisotopic (exact) mass is 207 g/mol. The number of ether oxygens (including phenoxy) is 1. The Morgan fingerprint density at radius 1 is 1.33 bits per heavy atom. The van der Waals surface area contributed by atoms with E-state index < -0.39 is 0 Å². The minimum absolute atomic E-state index is 0.0566. The number of hydrogen-bond acceptors (Lipinski definition) is 2. The fraction of sp³-hybridized carbons (Fsp3) is 0.583. The molecular formula is C12H17NO2. The van der Waals surface area contributed by atoms with Crippen LogP contribution in [0.3, 0.4) is 0 Å². The van der Waals surface area contributed by atoms with Crippen molar-refractivity contribution in [2.24, 2.45) is 5.92 Å². The number of aromatic amines is 1. The van der Waals surface area contributed by atoms with Crippen LogP contribution in [0.4, 0.5) is 0 Å².